The molecule has 0 radical (unpaired) electrons. The third-order valence-electron chi connectivity index (χ3n) is 16.1. The van der Waals surface area contributed by atoms with E-state index in [4.69, 9.17) is 41.7 Å². The first-order chi connectivity index (χ1) is 34.4. The van der Waals surface area contributed by atoms with Crippen molar-refractivity contribution < 1.29 is 51.9 Å². The molecule has 1 aliphatic heterocycles. The van der Waals surface area contributed by atoms with Gasteiger partial charge in [-0.1, -0.05) is 141 Å². The summed E-state index contributed by atoms with van der Waals surface area (Å²) in [4.78, 5) is 0. The number of aliphatic hydroxyl groups is 2. The maximum absolute atomic E-state index is 12.5. The van der Waals surface area contributed by atoms with Gasteiger partial charge in [0.1, 0.15) is 18.0 Å². The molecule has 0 bridgehead atoms. The molecule has 4 aromatic rings. The Kier molecular flexibility index (Phi) is 20.7. The summed E-state index contributed by atoms with van der Waals surface area (Å²) >= 11 is 0. The smallest absolute Gasteiger partial charge is 0.261 e. The molecule has 11 nitrogen and oxygen atoms in total. The monoisotopic (exact) mass is 1070 g/mol. The fourth-order valence-electron chi connectivity index (χ4n) is 9.75. The van der Waals surface area contributed by atoms with Gasteiger partial charge in [0.2, 0.25) is 0 Å². The van der Waals surface area contributed by atoms with E-state index in [1.807, 2.05) is 42.5 Å². The first kappa shape index (κ1) is 61.5. The second-order valence-electron chi connectivity index (χ2n) is 25.1. The molecule has 1 heterocycles. The summed E-state index contributed by atoms with van der Waals surface area (Å²) in [6.07, 6.45) is -2.26. The highest BCUT2D eigenvalue weighted by molar-refractivity contribution is 6.99. The van der Waals surface area contributed by atoms with E-state index in [1.54, 1.807) is 28.3 Å². The van der Waals surface area contributed by atoms with Crippen LogP contribution >= 0.6 is 0 Å². The molecule has 1 aliphatic rings. The maximum Gasteiger partial charge on any atom is 0.261 e. The van der Waals surface area contributed by atoms with Gasteiger partial charge in [0.15, 0.2) is 28.1 Å². The van der Waals surface area contributed by atoms with Gasteiger partial charge in [-0.25, -0.2) is 0 Å². The molecule has 412 valence electrons. The molecule has 0 aromatic heterocycles. The van der Waals surface area contributed by atoms with Gasteiger partial charge >= 0.3 is 0 Å². The van der Waals surface area contributed by atoms with E-state index in [-0.39, 0.29) is 41.2 Å². The molecular weight excluding hydrogens is 981 g/mol. The number of rotatable bonds is 26. The van der Waals surface area contributed by atoms with Crippen LogP contribution in [0.25, 0.3) is 0 Å². The molecule has 0 aliphatic carbocycles. The summed E-state index contributed by atoms with van der Waals surface area (Å²) < 4.78 is 59.8. The zero-order chi connectivity index (χ0) is 55.0. The Hall–Kier alpha value is -3.39. The third-order valence-corrected chi connectivity index (χ3v) is 30.1. The molecule has 5 rings (SSSR count). The van der Waals surface area contributed by atoms with Crippen molar-refractivity contribution in [1.29, 1.82) is 0 Å². The van der Waals surface area contributed by atoms with E-state index >= 15 is 0 Å². The highest BCUT2D eigenvalue weighted by atomic mass is 28.4. The summed E-state index contributed by atoms with van der Waals surface area (Å²) in [6, 6.07) is 35.1. The van der Waals surface area contributed by atoms with Gasteiger partial charge < -0.3 is 51.9 Å². The van der Waals surface area contributed by atoms with E-state index in [9.17, 15) is 10.2 Å². The van der Waals surface area contributed by atoms with Crippen LogP contribution in [-0.4, -0.2) is 111 Å². The lowest BCUT2D eigenvalue weighted by atomic mass is 9.87. The van der Waals surface area contributed by atoms with Gasteiger partial charge in [-0.15, -0.1) is 0 Å². The predicted octanol–water partition coefficient (Wildman–Crippen LogP) is 12.0. The number of benzene rings is 4. The Labute approximate surface area is 449 Å². The molecule has 0 unspecified atom stereocenters. The van der Waals surface area contributed by atoms with Crippen molar-refractivity contribution >= 4 is 35.3 Å². The molecule has 14 heteroatoms. The van der Waals surface area contributed by atoms with E-state index in [1.165, 1.54) is 10.4 Å². The average Bonchev–Trinajstić information content (AvgIpc) is 3.66. The summed E-state index contributed by atoms with van der Waals surface area (Å²) in [5.41, 5.74) is -0.427. The number of aliphatic hydroxyl groups excluding tert-OH is 1. The highest BCUT2D eigenvalue weighted by Crippen LogP contribution is 2.47. The van der Waals surface area contributed by atoms with Crippen molar-refractivity contribution in [3.05, 3.63) is 114 Å². The maximum atomic E-state index is 12.5. The predicted molar refractivity (Wildman–Crippen MR) is 307 cm³/mol. The van der Waals surface area contributed by atoms with Crippen LogP contribution < -0.4 is 24.6 Å². The van der Waals surface area contributed by atoms with Crippen molar-refractivity contribution in [3.8, 4) is 17.2 Å². The second kappa shape index (κ2) is 24.9. The zero-order valence-electron chi connectivity index (χ0n) is 48.4. The fourth-order valence-corrected chi connectivity index (χ4v) is 17.0. The minimum Gasteiger partial charge on any atom is -0.497 e. The molecule has 2 N–H and O–H groups in total. The molecule has 0 amide bonds. The quantitative estimate of drug-likeness (QED) is 0.0461. The van der Waals surface area contributed by atoms with Crippen LogP contribution in [0.1, 0.15) is 113 Å². The first-order valence-electron chi connectivity index (χ1n) is 26.6. The van der Waals surface area contributed by atoms with Gasteiger partial charge in [-0.3, -0.25) is 0 Å². The van der Waals surface area contributed by atoms with Crippen LogP contribution in [0.2, 0.25) is 41.3 Å². The van der Waals surface area contributed by atoms with Crippen molar-refractivity contribution in [2.75, 3.05) is 34.5 Å². The van der Waals surface area contributed by atoms with Gasteiger partial charge in [-0.05, 0) is 114 Å². The van der Waals surface area contributed by atoms with Crippen LogP contribution in [0.15, 0.2) is 103 Å². The van der Waals surface area contributed by atoms with Crippen molar-refractivity contribution in [3.63, 3.8) is 0 Å². The largest absolute Gasteiger partial charge is 0.497 e. The molecule has 74 heavy (non-hydrogen) atoms. The Balaban J connectivity index is 1.54. The van der Waals surface area contributed by atoms with Crippen LogP contribution in [0, 0.1) is 0 Å². The molecule has 1 fully saturated rings. The summed E-state index contributed by atoms with van der Waals surface area (Å²) in [5, 5.41) is 26.4. The number of ether oxygens (including phenoxy) is 6. The van der Waals surface area contributed by atoms with Crippen molar-refractivity contribution in [1.82, 2.24) is 0 Å². The molecule has 0 spiro atoms. The Morgan fingerprint density at radius 2 is 1.22 bits per heavy atom. The van der Waals surface area contributed by atoms with E-state index in [0.717, 1.165) is 16.9 Å². The molecule has 4 aromatic carbocycles. The first-order valence-corrected chi connectivity index (χ1v) is 34.4. The van der Waals surface area contributed by atoms with Crippen LogP contribution in [-0.2, 0) is 40.7 Å². The lowest BCUT2D eigenvalue weighted by Gasteiger charge is -2.46. The lowest BCUT2D eigenvalue weighted by Crippen LogP contribution is -2.66. The molecule has 0 saturated carbocycles. The second-order valence-corrected chi connectivity index (χ2v) is 38.9. The molecular formula is C60H94O11Si3. The number of methoxy groups -OCH3 is 3. The average molecular weight is 1080 g/mol. The molecule has 1 saturated heterocycles. The summed E-state index contributed by atoms with van der Waals surface area (Å²) in [5.74, 6) is 2.03. The van der Waals surface area contributed by atoms with E-state index < -0.39 is 66.7 Å². The minimum absolute atomic E-state index is 0.0401. The van der Waals surface area contributed by atoms with Gasteiger partial charge in [-0.2, -0.15) is 0 Å². The summed E-state index contributed by atoms with van der Waals surface area (Å²) in [6.45, 7) is 34.5. The van der Waals surface area contributed by atoms with Crippen LogP contribution in [0.4, 0.5) is 0 Å². The minimum atomic E-state index is -2.94. The summed E-state index contributed by atoms with van der Waals surface area (Å²) in [7, 11) is -3.04. The van der Waals surface area contributed by atoms with Gasteiger partial charge in [0.05, 0.1) is 64.1 Å². The zero-order valence-corrected chi connectivity index (χ0v) is 51.4. The van der Waals surface area contributed by atoms with Crippen LogP contribution in [0.3, 0.4) is 0 Å². The topological polar surface area (TPSA) is 124 Å². The number of hydrogen-bond donors (Lipinski definition) is 2. The highest BCUT2D eigenvalue weighted by Gasteiger charge is 2.57. The standard InChI is InChI=1S/C60H94O11Si3/c1-56(2,3)72(15,16)70-51(35-37-68-74(58(7,8)9,47-25-21-19-22-26-47)48-27-23-20-24-28-48)55(67-43-44-29-32-46(63-12)33-30-44)60(11)41-53(71-73(17,18)57(4,5)6)54(69-60)49(61)40-59(10,62)36-38-66-42-45-31-34-50(64-13)52(39-45)65-14/h19-34,39,49,51,53-55,61-62H,35-38,40-43H2,1-18H3/t49-,51+,53+,54-,55+,59+,60-/m1/s1. The lowest BCUT2D eigenvalue weighted by molar-refractivity contribution is -0.188. The van der Waals surface area contributed by atoms with E-state index in [2.05, 4.69) is 156 Å². The van der Waals surface area contributed by atoms with Gasteiger partial charge in [0, 0.05) is 26.1 Å². The van der Waals surface area contributed by atoms with Crippen molar-refractivity contribution in [2.45, 2.75) is 198 Å². The Morgan fingerprint density at radius 3 is 1.73 bits per heavy atom. The normalized spacial score (nSPS) is 20.2. The number of hydrogen-bond acceptors (Lipinski definition) is 11. The third kappa shape index (κ3) is 15.2. The Morgan fingerprint density at radius 1 is 0.662 bits per heavy atom. The SMILES string of the molecule is COc1ccc(CO[C@@H]([C@H](CCO[Si](c2ccccc2)(c2ccccc2)C(C)(C)C)O[Si](C)(C)C(C)(C)C)[C@@]2(C)C[C@H](O[Si](C)(C)C(C)(C)C)[C@@H]([C@H](O)C[C@@](C)(O)CCOCc3ccc(OC)c(OC)c3)O2)cc1. The molecule has 7 atom stereocenters. The van der Waals surface area contributed by atoms with E-state index in [0.29, 0.717) is 37.6 Å². The fraction of sp³-hybridized carbons (Fsp3) is 0.600. The van der Waals surface area contributed by atoms with Gasteiger partial charge in [0.25, 0.3) is 8.32 Å². The van der Waals surface area contributed by atoms with Crippen LogP contribution in [0.5, 0.6) is 17.2 Å². The van der Waals surface area contributed by atoms with Crippen molar-refractivity contribution in [2.24, 2.45) is 0 Å². The Bertz CT molecular complexity index is 2290.